The summed E-state index contributed by atoms with van der Waals surface area (Å²) in [7, 11) is 3.10. The van der Waals surface area contributed by atoms with Crippen LogP contribution in [0.5, 0.6) is 5.75 Å². The second kappa shape index (κ2) is 6.74. The van der Waals surface area contributed by atoms with Crippen LogP contribution in [0.1, 0.15) is 21.7 Å². The molecule has 1 aromatic heterocycles. The highest BCUT2D eigenvalue weighted by molar-refractivity contribution is 5.89. The van der Waals surface area contributed by atoms with E-state index in [0.29, 0.717) is 31.0 Å². The van der Waals surface area contributed by atoms with E-state index >= 15 is 0 Å². The summed E-state index contributed by atoms with van der Waals surface area (Å²) in [6.07, 6.45) is 0.574. The quantitative estimate of drug-likeness (QED) is 0.787. The van der Waals surface area contributed by atoms with Crippen LogP contribution in [0.15, 0.2) is 30.3 Å². The zero-order valence-electron chi connectivity index (χ0n) is 13.7. The number of ether oxygens (including phenoxy) is 2. The van der Waals surface area contributed by atoms with E-state index in [1.54, 1.807) is 16.6 Å². The highest BCUT2D eigenvalue weighted by atomic mass is 16.5. The van der Waals surface area contributed by atoms with E-state index in [1.807, 2.05) is 30.3 Å². The van der Waals surface area contributed by atoms with Crippen LogP contribution in [0.4, 0.5) is 0 Å². The largest absolute Gasteiger partial charge is 0.484 e. The Morgan fingerprint density at radius 2 is 2.00 bits per heavy atom. The zero-order chi connectivity index (χ0) is 17.1. The van der Waals surface area contributed by atoms with Gasteiger partial charge >= 0.3 is 5.97 Å². The van der Waals surface area contributed by atoms with Gasteiger partial charge in [0.2, 0.25) is 0 Å². The van der Waals surface area contributed by atoms with Gasteiger partial charge in [-0.05, 0) is 18.6 Å². The minimum Gasteiger partial charge on any atom is -0.484 e. The summed E-state index contributed by atoms with van der Waals surface area (Å²) in [5.74, 6) is 0.126. The highest BCUT2D eigenvalue weighted by Gasteiger charge is 2.29. The Morgan fingerprint density at radius 1 is 1.25 bits per heavy atom. The summed E-state index contributed by atoms with van der Waals surface area (Å²) < 4.78 is 11.9. The number of nitrogens with zero attached hydrogens (tertiary/aromatic N) is 3. The zero-order valence-corrected chi connectivity index (χ0v) is 13.7. The second-order valence-corrected chi connectivity index (χ2v) is 5.56. The lowest BCUT2D eigenvalue weighted by molar-refractivity contribution is -0.134. The average Bonchev–Trinajstić information content (AvgIpc) is 2.96. The fourth-order valence-corrected chi connectivity index (χ4v) is 2.80. The molecule has 126 valence electrons. The summed E-state index contributed by atoms with van der Waals surface area (Å²) in [5.41, 5.74) is 2.05. The number of esters is 1. The molecule has 24 heavy (non-hydrogen) atoms. The molecule has 2 aromatic rings. The van der Waals surface area contributed by atoms with Gasteiger partial charge in [-0.25, -0.2) is 4.79 Å². The maximum absolute atomic E-state index is 12.4. The number of benzene rings is 1. The van der Waals surface area contributed by atoms with Gasteiger partial charge in [-0.15, -0.1) is 0 Å². The molecule has 0 saturated carbocycles. The van der Waals surface area contributed by atoms with E-state index < -0.39 is 5.97 Å². The van der Waals surface area contributed by atoms with Crippen molar-refractivity contribution in [1.82, 2.24) is 14.7 Å². The summed E-state index contributed by atoms with van der Waals surface area (Å²) in [6.45, 7) is 0.924. The number of carbonyl (C=O) groups excluding carboxylic acids is 2. The molecule has 1 aliphatic heterocycles. The van der Waals surface area contributed by atoms with Crippen LogP contribution < -0.4 is 4.74 Å². The summed E-state index contributed by atoms with van der Waals surface area (Å²) in [6, 6.07) is 9.23. The highest BCUT2D eigenvalue weighted by Crippen LogP contribution is 2.22. The van der Waals surface area contributed by atoms with Gasteiger partial charge in [0.25, 0.3) is 5.91 Å². The monoisotopic (exact) mass is 329 g/mol. The average molecular weight is 329 g/mol. The van der Waals surface area contributed by atoms with Crippen LogP contribution in [0.25, 0.3) is 0 Å². The lowest BCUT2D eigenvalue weighted by Gasteiger charge is -2.27. The van der Waals surface area contributed by atoms with Gasteiger partial charge in [0.15, 0.2) is 12.3 Å². The van der Waals surface area contributed by atoms with Crippen molar-refractivity contribution >= 4 is 11.9 Å². The van der Waals surface area contributed by atoms with E-state index in [9.17, 15) is 9.59 Å². The topological polar surface area (TPSA) is 73.7 Å². The van der Waals surface area contributed by atoms with Crippen LogP contribution in [0.3, 0.4) is 0 Å². The van der Waals surface area contributed by atoms with Crippen molar-refractivity contribution in [2.75, 3.05) is 20.3 Å². The third-order valence-electron chi connectivity index (χ3n) is 4.08. The first kappa shape index (κ1) is 16.0. The van der Waals surface area contributed by atoms with Crippen molar-refractivity contribution in [3.05, 3.63) is 47.3 Å². The molecule has 0 radical (unpaired) electrons. The molecule has 0 spiro atoms. The van der Waals surface area contributed by atoms with Crippen molar-refractivity contribution in [3.8, 4) is 5.75 Å². The minimum atomic E-state index is -0.445. The summed E-state index contributed by atoms with van der Waals surface area (Å²) in [5, 5.41) is 4.22. The number of aromatic nitrogens is 2. The molecule has 0 saturated heterocycles. The van der Waals surface area contributed by atoms with Gasteiger partial charge in [0.1, 0.15) is 5.75 Å². The van der Waals surface area contributed by atoms with E-state index in [-0.39, 0.29) is 12.5 Å². The molecular formula is C17H19N3O4. The molecular weight excluding hydrogens is 310 g/mol. The SMILES string of the molecule is COC(=O)c1nn(C)c2c1CCN(C(=O)COc1ccccc1)C2. The van der Waals surface area contributed by atoms with Gasteiger partial charge in [-0.2, -0.15) is 5.10 Å². The van der Waals surface area contributed by atoms with Gasteiger partial charge in [0.05, 0.1) is 19.3 Å². The maximum atomic E-state index is 12.4. The van der Waals surface area contributed by atoms with Crippen LogP contribution in [-0.4, -0.2) is 46.8 Å². The Bertz CT molecular complexity index is 755. The third kappa shape index (κ3) is 3.10. The molecule has 1 aliphatic rings. The van der Waals surface area contributed by atoms with Gasteiger partial charge < -0.3 is 14.4 Å². The second-order valence-electron chi connectivity index (χ2n) is 5.56. The lowest BCUT2D eigenvalue weighted by Crippen LogP contribution is -2.39. The molecule has 7 nitrogen and oxygen atoms in total. The Labute approximate surface area is 139 Å². The first-order chi connectivity index (χ1) is 11.6. The molecule has 3 rings (SSSR count). The lowest BCUT2D eigenvalue weighted by atomic mass is 10.0. The number of aryl methyl sites for hydroxylation is 1. The number of hydrogen-bond donors (Lipinski definition) is 0. The molecule has 1 amide bonds. The summed E-state index contributed by atoms with van der Waals surface area (Å²) in [4.78, 5) is 25.9. The number of para-hydroxylation sites is 1. The Kier molecular flexibility index (Phi) is 4.50. The smallest absolute Gasteiger partial charge is 0.358 e. The van der Waals surface area contributed by atoms with Crippen LogP contribution in [-0.2, 0) is 29.5 Å². The number of fused-ring (bicyclic) bond motifs is 1. The predicted molar refractivity (Wildman–Crippen MR) is 85.6 cm³/mol. The number of rotatable bonds is 4. The van der Waals surface area contributed by atoms with Gasteiger partial charge in [0, 0.05) is 19.2 Å². The van der Waals surface area contributed by atoms with Gasteiger partial charge in [-0.1, -0.05) is 18.2 Å². The maximum Gasteiger partial charge on any atom is 0.358 e. The van der Waals surface area contributed by atoms with E-state index in [4.69, 9.17) is 9.47 Å². The van der Waals surface area contributed by atoms with Crippen molar-refractivity contribution in [2.45, 2.75) is 13.0 Å². The molecule has 0 fully saturated rings. The van der Waals surface area contributed by atoms with E-state index in [2.05, 4.69) is 5.10 Å². The minimum absolute atomic E-state index is 0.0128. The number of carbonyl (C=O) groups is 2. The summed E-state index contributed by atoms with van der Waals surface area (Å²) >= 11 is 0. The van der Waals surface area contributed by atoms with Crippen LogP contribution in [0.2, 0.25) is 0 Å². The molecule has 1 aromatic carbocycles. The first-order valence-electron chi connectivity index (χ1n) is 7.69. The molecule has 2 heterocycles. The van der Waals surface area contributed by atoms with E-state index in [0.717, 1.165) is 11.3 Å². The molecule has 7 heteroatoms. The molecule has 0 bridgehead atoms. The van der Waals surface area contributed by atoms with Crippen molar-refractivity contribution < 1.29 is 19.1 Å². The standard InChI is InChI=1S/C17H19N3O4/c1-19-14-10-20(9-8-13(14)16(18-19)17(22)23-2)15(21)11-24-12-6-4-3-5-7-12/h3-7H,8-11H2,1-2H3. The van der Waals surface area contributed by atoms with Gasteiger partial charge in [-0.3, -0.25) is 9.48 Å². The number of methoxy groups -OCH3 is 1. The Morgan fingerprint density at radius 3 is 2.71 bits per heavy atom. The normalized spacial score (nSPS) is 13.3. The number of hydrogen-bond acceptors (Lipinski definition) is 5. The number of amides is 1. The molecule has 0 N–H and O–H groups in total. The van der Waals surface area contributed by atoms with Crippen LogP contribution >= 0.6 is 0 Å². The van der Waals surface area contributed by atoms with Crippen molar-refractivity contribution in [1.29, 1.82) is 0 Å². The Hall–Kier alpha value is -2.83. The molecule has 0 atom stereocenters. The van der Waals surface area contributed by atoms with Crippen molar-refractivity contribution in [2.24, 2.45) is 7.05 Å². The fraction of sp³-hybridized carbons (Fsp3) is 0.353. The predicted octanol–water partition coefficient (Wildman–Crippen LogP) is 1.17. The first-order valence-corrected chi connectivity index (χ1v) is 7.69. The van der Waals surface area contributed by atoms with E-state index in [1.165, 1.54) is 7.11 Å². The van der Waals surface area contributed by atoms with Crippen LogP contribution in [0, 0.1) is 0 Å². The molecule has 0 unspecified atom stereocenters. The van der Waals surface area contributed by atoms with Crippen molar-refractivity contribution in [3.63, 3.8) is 0 Å². The third-order valence-corrected chi connectivity index (χ3v) is 4.08. The fourth-order valence-electron chi connectivity index (χ4n) is 2.80. The Balaban J connectivity index is 1.67. The molecule has 0 aliphatic carbocycles.